The Morgan fingerprint density at radius 2 is 2.11 bits per heavy atom. The topological polar surface area (TPSA) is 39.4 Å². The van der Waals surface area contributed by atoms with Crippen molar-refractivity contribution in [2.45, 2.75) is 18.5 Å². The molecule has 0 bridgehead atoms. The van der Waals surface area contributed by atoms with E-state index in [9.17, 15) is 5.26 Å². The average Bonchev–Trinajstić information content (AvgIpc) is 2.79. The average molecular weight is 302 g/mol. The van der Waals surface area contributed by atoms with Crippen molar-refractivity contribution >= 4 is 22.1 Å². The Labute approximate surface area is 115 Å². The lowest BCUT2D eigenvalue weighted by atomic mass is 9.98. The van der Waals surface area contributed by atoms with Crippen LogP contribution in [-0.2, 0) is 0 Å². The van der Waals surface area contributed by atoms with Gasteiger partial charge in [0.15, 0.2) is 0 Å². The van der Waals surface area contributed by atoms with Gasteiger partial charge in [-0.15, -0.1) is 0 Å². The molecule has 3 rings (SSSR count). The summed E-state index contributed by atoms with van der Waals surface area (Å²) in [6.07, 6.45) is 6.63. The largest absolute Gasteiger partial charge is 0.281 e. The fraction of sp³-hybridized carbons (Fsp3) is 0.286. The zero-order valence-corrected chi connectivity index (χ0v) is 11.3. The Kier molecular flexibility index (Phi) is 2.92. The number of allylic oxidation sites excluding steroid dienone is 1. The summed E-state index contributed by atoms with van der Waals surface area (Å²) in [6, 6.07) is 11.0. The highest BCUT2D eigenvalue weighted by Crippen LogP contribution is 2.41. The van der Waals surface area contributed by atoms with Crippen molar-refractivity contribution in [3.05, 3.63) is 46.5 Å². The normalized spacial score (nSPS) is 29.1. The molecule has 0 aromatic heterocycles. The monoisotopic (exact) mass is 301 g/mol. The maximum Gasteiger partial charge on any atom is 0.0820 e. The summed E-state index contributed by atoms with van der Waals surface area (Å²) >= 11 is 3.44. The van der Waals surface area contributed by atoms with Gasteiger partial charge in [0.05, 0.1) is 24.1 Å². The summed E-state index contributed by atoms with van der Waals surface area (Å²) in [5.41, 5.74) is 1.22. The van der Waals surface area contributed by atoms with Crippen LogP contribution in [0, 0.1) is 17.2 Å². The van der Waals surface area contributed by atoms with Crippen molar-refractivity contribution in [3.63, 3.8) is 0 Å². The third-order valence-corrected chi connectivity index (χ3v) is 4.06. The number of hydrogen-bond acceptors (Lipinski definition) is 3. The van der Waals surface area contributed by atoms with Gasteiger partial charge in [-0.3, -0.25) is 5.01 Å². The molecule has 0 aliphatic carbocycles. The molecule has 0 N–H and O–H groups in total. The lowest BCUT2D eigenvalue weighted by Gasteiger charge is -2.27. The second kappa shape index (κ2) is 4.58. The van der Waals surface area contributed by atoms with Gasteiger partial charge in [0.2, 0.25) is 0 Å². The molecule has 90 valence electrons. The van der Waals surface area contributed by atoms with Gasteiger partial charge in [-0.05, 0) is 30.2 Å². The first-order valence-corrected chi connectivity index (χ1v) is 6.73. The van der Waals surface area contributed by atoms with E-state index >= 15 is 0 Å². The second-order valence-electron chi connectivity index (χ2n) is 4.56. The van der Waals surface area contributed by atoms with Crippen LogP contribution in [-0.4, -0.2) is 17.3 Å². The molecule has 2 aliphatic heterocycles. The van der Waals surface area contributed by atoms with Crippen LogP contribution in [0.3, 0.4) is 0 Å². The van der Waals surface area contributed by atoms with E-state index in [4.69, 9.17) is 0 Å². The van der Waals surface area contributed by atoms with Crippen molar-refractivity contribution in [1.29, 1.82) is 5.26 Å². The molecule has 1 aromatic carbocycles. The summed E-state index contributed by atoms with van der Waals surface area (Å²) in [6.45, 7) is 0. The van der Waals surface area contributed by atoms with Gasteiger partial charge in [-0.1, -0.05) is 34.1 Å². The highest BCUT2D eigenvalue weighted by molar-refractivity contribution is 9.10. The highest BCUT2D eigenvalue weighted by Gasteiger charge is 2.40. The molecule has 0 amide bonds. The molecule has 0 radical (unpaired) electrons. The van der Waals surface area contributed by atoms with E-state index < -0.39 is 0 Å². The predicted octanol–water partition coefficient (Wildman–Crippen LogP) is 3.26. The van der Waals surface area contributed by atoms with Crippen molar-refractivity contribution in [2.75, 3.05) is 0 Å². The van der Waals surface area contributed by atoms with Crippen LogP contribution < -0.4 is 0 Å². The predicted molar refractivity (Wildman–Crippen MR) is 73.9 cm³/mol. The smallest absolute Gasteiger partial charge is 0.0820 e. The van der Waals surface area contributed by atoms with E-state index in [1.807, 2.05) is 18.2 Å². The number of rotatable bonds is 1. The van der Waals surface area contributed by atoms with E-state index in [1.54, 1.807) is 6.21 Å². The van der Waals surface area contributed by atoms with Gasteiger partial charge in [0.1, 0.15) is 0 Å². The second-order valence-corrected chi connectivity index (χ2v) is 5.47. The van der Waals surface area contributed by atoms with Crippen LogP contribution >= 0.6 is 15.9 Å². The molecule has 3 nitrogen and oxygen atoms in total. The summed E-state index contributed by atoms with van der Waals surface area (Å²) in [7, 11) is 0. The van der Waals surface area contributed by atoms with Crippen LogP contribution in [0.25, 0.3) is 0 Å². The number of hydrogen-bond donors (Lipinski definition) is 0. The van der Waals surface area contributed by atoms with E-state index in [-0.39, 0.29) is 18.0 Å². The van der Waals surface area contributed by atoms with E-state index in [2.05, 4.69) is 50.3 Å². The highest BCUT2D eigenvalue weighted by atomic mass is 79.9. The molecule has 1 saturated heterocycles. The zero-order valence-electron chi connectivity index (χ0n) is 9.70. The number of nitrogens with zero attached hydrogens (tertiary/aromatic N) is 3. The Morgan fingerprint density at radius 3 is 2.83 bits per heavy atom. The SMILES string of the molecule is N#CC1CC(c2ccc(Br)cc2)N2N=CC=CC12. The molecule has 2 aliphatic rings. The lowest BCUT2D eigenvalue weighted by molar-refractivity contribution is 0.225. The minimum absolute atomic E-state index is 0.0207. The van der Waals surface area contributed by atoms with Crippen molar-refractivity contribution in [1.82, 2.24) is 5.01 Å². The third kappa shape index (κ3) is 1.85. The van der Waals surface area contributed by atoms with E-state index in [1.165, 1.54) is 5.56 Å². The molecule has 3 unspecified atom stereocenters. The lowest BCUT2D eigenvalue weighted by Crippen LogP contribution is -2.29. The van der Waals surface area contributed by atoms with Crippen molar-refractivity contribution < 1.29 is 0 Å². The third-order valence-electron chi connectivity index (χ3n) is 3.53. The number of nitriles is 1. The first-order chi connectivity index (χ1) is 8.79. The van der Waals surface area contributed by atoms with Crippen LogP contribution in [0.5, 0.6) is 0 Å². The molecule has 18 heavy (non-hydrogen) atoms. The quantitative estimate of drug-likeness (QED) is 0.799. The van der Waals surface area contributed by atoms with Crippen molar-refractivity contribution in [2.24, 2.45) is 11.0 Å². The van der Waals surface area contributed by atoms with Gasteiger partial charge >= 0.3 is 0 Å². The summed E-state index contributed by atoms with van der Waals surface area (Å²) in [5.74, 6) is 0.0207. The molecule has 1 aromatic rings. The van der Waals surface area contributed by atoms with Gasteiger partial charge in [0.25, 0.3) is 0 Å². The minimum atomic E-state index is 0.0207. The number of hydrazone groups is 1. The fourth-order valence-corrected chi connectivity index (χ4v) is 2.91. The zero-order chi connectivity index (χ0) is 12.5. The Morgan fingerprint density at radius 1 is 1.33 bits per heavy atom. The minimum Gasteiger partial charge on any atom is -0.281 e. The Bertz CT molecular complexity index is 541. The summed E-state index contributed by atoms with van der Waals surface area (Å²) < 4.78 is 1.07. The molecular formula is C14H12BrN3. The molecular weight excluding hydrogens is 290 g/mol. The first-order valence-electron chi connectivity index (χ1n) is 5.94. The van der Waals surface area contributed by atoms with Gasteiger partial charge in [-0.2, -0.15) is 10.4 Å². The van der Waals surface area contributed by atoms with Gasteiger partial charge in [-0.25, -0.2) is 0 Å². The van der Waals surface area contributed by atoms with Crippen LogP contribution in [0.15, 0.2) is 46.0 Å². The van der Waals surface area contributed by atoms with E-state index in [0.717, 1.165) is 10.9 Å². The van der Waals surface area contributed by atoms with Gasteiger partial charge < -0.3 is 0 Å². The standard InChI is InChI=1S/C14H12BrN3/c15-12-5-3-10(4-6-12)14-8-11(9-16)13-2-1-7-17-18(13)14/h1-7,11,13-14H,8H2. The summed E-state index contributed by atoms with van der Waals surface area (Å²) in [4.78, 5) is 0. The maximum atomic E-state index is 9.24. The maximum absolute atomic E-state index is 9.24. The Hall–Kier alpha value is -1.60. The summed E-state index contributed by atoms with van der Waals surface area (Å²) in [5, 5.41) is 15.7. The van der Waals surface area contributed by atoms with Crippen LogP contribution in [0.1, 0.15) is 18.0 Å². The number of fused-ring (bicyclic) bond motifs is 1. The van der Waals surface area contributed by atoms with Crippen molar-refractivity contribution in [3.8, 4) is 6.07 Å². The van der Waals surface area contributed by atoms with Gasteiger partial charge in [0, 0.05) is 10.7 Å². The van der Waals surface area contributed by atoms with Crippen LogP contribution in [0.2, 0.25) is 0 Å². The van der Waals surface area contributed by atoms with E-state index in [0.29, 0.717) is 0 Å². The molecule has 3 atom stereocenters. The molecule has 4 heteroatoms. The first kappa shape index (κ1) is 11.5. The Balaban J connectivity index is 1.94. The number of benzene rings is 1. The number of halogens is 1. The van der Waals surface area contributed by atoms with Crippen LogP contribution in [0.4, 0.5) is 0 Å². The molecule has 2 heterocycles. The molecule has 1 fully saturated rings. The molecule has 0 spiro atoms. The molecule has 0 saturated carbocycles. The fourth-order valence-electron chi connectivity index (χ4n) is 2.64.